The largest absolute Gasteiger partial charge is 0.468 e. The van der Waals surface area contributed by atoms with Crippen molar-refractivity contribution < 1.29 is 14.3 Å². The van der Waals surface area contributed by atoms with Crippen LogP contribution in [0.25, 0.3) is 0 Å². The summed E-state index contributed by atoms with van der Waals surface area (Å²) < 4.78 is 3.98. The van der Waals surface area contributed by atoms with E-state index >= 15 is 0 Å². The molecule has 2 heterocycles. The minimum Gasteiger partial charge on any atom is -0.468 e. The number of aryl methyl sites for hydroxylation is 2. The van der Waals surface area contributed by atoms with Crippen LogP contribution in [0.2, 0.25) is 0 Å². The summed E-state index contributed by atoms with van der Waals surface area (Å²) in [5.41, 5.74) is 4.66. The lowest BCUT2D eigenvalue weighted by Gasteiger charge is -2.42. The highest BCUT2D eigenvalue weighted by molar-refractivity contribution is 8.02. The van der Waals surface area contributed by atoms with E-state index in [1.165, 1.54) is 62.1 Å². The van der Waals surface area contributed by atoms with Crippen molar-refractivity contribution in [1.29, 1.82) is 0 Å². The molecule has 34 heavy (non-hydrogen) atoms. The molecule has 0 radical (unpaired) electrons. The molecule has 0 spiro atoms. The Balaban J connectivity index is 1.55. The molecule has 0 saturated carbocycles. The maximum Gasteiger partial charge on any atom is 0.332 e. The minimum atomic E-state index is -1.31. The van der Waals surface area contributed by atoms with Gasteiger partial charge in [0.1, 0.15) is 0 Å². The summed E-state index contributed by atoms with van der Waals surface area (Å²) in [6, 6.07) is 14.3. The van der Waals surface area contributed by atoms with Crippen molar-refractivity contribution in [1.82, 2.24) is 4.90 Å². The second kappa shape index (κ2) is 10.1. The topological polar surface area (TPSA) is 49.9 Å². The Morgan fingerprint density at radius 2 is 1.68 bits per heavy atom. The number of carbonyl (C=O) groups excluding carboxylic acids is 2. The third-order valence-electron chi connectivity index (χ3n) is 7.49. The number of ether oxygens (including phenoxy) is 1. The fraction of sp³-hybridized carbons (Fsp3) is 0.500. The molecule has 2 aromatic rings. The number of piperidine rings is 1. The maximum absolute atomic E-state index is 14.2. The Labute approximate surface area is 206 Å². The first-order valence-corrected chi connectivity index (χ1v) is 13.4. The van der Waals surface area contributed by atoms with Crippen LogP contribution in [0, 0.1) is 0 Å². The zero-order chi connectivity index (χ0) is 23.5. The van der Waals surface area contributed by atoms with Gasteiger partial charge in [-0.1, -0.05) is 48.5 Å². The standard InChI is InChI=1S/C28H34N2O3S/c1-33-27(32)28(20-21-10-4-2-5-11-21)26(31)30(17-16-29-14-8-3-9-15-29)24-18-22-12-6-7-13-23(22)19-25(24)34-28/h2,4-5,10-11,18-19H,3,6-9,12-17,20H2,1H3. The zero-order valence-electron chi connectivity index (χ0n) is 20.1. The molecule has 0 aromatic heterocycles. The summed E-state index contributed by atoms with van der Waals surface area (Å²) in [6.07, 6.45) is 8.55. The van der Waals surface area contributed by atoms with E-state index < -0.39 is 10.7 Å². The Kier molecular flexibility index (Phi) is 6.98. The van der Waals surface area contributed by atoms with Crippen molar-refractivity contribution in [2.75, 3.05) is 38.2 Å². The summed E-state index contributed by atoms with van der Waals surface area (Å²) in [4.78, 5) is 33.0. The lowest BCUT2D eigenvalue weighted by atomic mass is 9.90. The van der Waals surface area contributed by atoms with Gasteiger partial charge in [-0.25, -0.2) is 4.79 Å². The quantitative estimate of drug-likeness (QED) is 0.447. The summed E-state index contributed by atoms with van der Waals surface area (Å²) >= 11 is 1.40. The smallest absolute Gasteiger partial charge is 0.332 e. The van der Waals surface area contributed by atoms with Gasteiger partial charge in [0.05, 0.1) is 12.8 Å². The summed E-state index contributed by atoms with van der Waals surface area (Å²) in [7, 11) is 1.39. The molecule has 180 valence electrons. The number of methoxy groups -OCH3 is 1. The lowest BCUT2D eigenvalue weighted by Crippen LogP contribution is -2.57. The minimum absolute atomic E-state index is 0.145. The average molecular weight is 479 g/mol. The first-order valence-electron chi connectivity index (χ1n) is 12.6. The molecule has 2 aliphatic heterocycles. The number of benzene rings is 2. The maximum atomic E-state index is 14.2. The van der Waals surface area contributed by atoms with Crippen LogP contribution < -0.4 is 4.90 Å². The third kappa shape index (κ3) is 4.50. The SMILES string of the molecule is COC(=O)C1(Cc2ccccc2)Sc2cc3c(cc2N(CCN2CCCCC2)C1=O)CCCC3. The molecule has 1 atom stereocenters. The number of fused-ring (bicyclic) bond motifs is 2. The molecule has 1 fully saturated rings. The number of hydrogen-bond acceptors (Lipinski definition) is 5. The van der Waals surface area contributed by atoms with Crippen molar-refractivity contribution >= 4 is 29.3 Å². The molecule has 0 N–H and O–H groups in total. The molecule has 1 saturated heterocycles. The van der Waals surface area contributed by atoms with Crippen molar-refractivity contribution in [3.63, 3.8) is 0 Å². The van der Waals surface area contributed by atoms with E-state index in [-0.39, 0.29) is 5.91 Å². The zero-order valence-corrected chi connectivity index (χ0v) is 20.9. The predicted molar refractivity (Wildman–Crippen MR) is 136 cm³/mol. The normalized spacial score (nSPS) is 22.7. The Morgan fingerprint density at radius 3 is 2.38 bits per heavy atom. The first kappa shape index (κ1) is 23.4. The van der Waals surface area contributed by atoms with Gasteiger partial charge in [-0.2, -0.15) is 0 Å². The van der Waals surface area contributed by atoms with E-state index in [1.807, 2.05) is 35.2 Å². The van der Waals surface area contributed by atoms with E-state index in [9.17, 15) is 9.59 Å². The molecule has 5 rings (SSSR count). The van der Waals surface area contributed by atoms with Crippen molar-refractivity contribution in [3.05, 3.63) is 59.2 Å². The second-order valence-corrected chi connectivity index (χ2v) is 11.1. The molecule has 3 aliphatic rings. The van der Waals surface area contributed by atoms with Crippen LogP contribution in [-0.2, 0) is 33.6 Å². The van der Waals surface area contributed by atoms with Crippen molar-refractivity contribution in [3.8, 4) is 0 Å². The summed E-state index contributed by atoms with van der Waals surface area (Å²) in [6.45, 7) is 3.59. The van der Waals surface area contributed by atoms with Crippen molar-refractivity contribution in [2.45, 2.75) is 61.0 Å². The van der Waals surface area contributed by atoms with E-state index in [1.54, 1.807) is 0 Å². The highest BCUT2D eigenvalue weighted by atomic mass is 32.2. The molecule has 2 aromatic carbocycles. The Bertz CT molecular complexity index is 1050. The molecule has 0 bridgehead atoms. The number of nitrogens with zero attached hydrogens (tertiary/aromatic N) is 2. The number of carbonyl (C=O) groups is 2. The number of likely N-dealkylation sites (tertiary alicyclic amines) is 1. The summed E-state index contributed by atoms with van der Waals surface area (Å²) in [5.74, 6) is -0.605. The average Bonchev–Trinajstić information content (AvgIpc) is 2.88. The molecule has 1 aliphatic carbocycles. The van der Waals surface area contributed by atoms with Gasteiger partial charge < -0.3 is 14.5 Å². The third-order valence-corrected chi connectivity index (χ3v) is 8.87. The molecular weight excluding hydrogens is 444 g/mol. The van der Waals surface area contributed by atoms with Crippen LogP contribution in [0.4, 0.5) is 5.69 Å². The van der Waals surface area contributed by atoms with Crippen LogP contribution in [0.5, 0.6) is 0 Å². The number of esters is 1. The number of thioether (sulfide) groups is 1. The van der Waals surface area contributed by atoms with Gasteiger partial charge in [0.25, 0.3) is 5.91 Å². The Morgan fingerprint density at radius 1 is 0.971 bits per heavy atom. The van der Waals surface area contributed by atoms with Crippen LogP contribution >= 0.6 is 11.8 Å². The molecule has 1 amide bonds. The van der Waals surface area contributed by atoms with Gasteiger partial charge >= 0.3 is 5.97 Å². The Hall–Kier alpha value is -2.31. The van der Waals surface area contributed by atoms with E-state index in [2.05, 4.69) is 17.0 Å². The second-order valence-electron chi connectivity index (χ2n) is 9.74. The lowest BCUT2D eigenvalue weighted by molar-refractivity contribution is -0.147. The number of anilines is 1. The van der Waals surface area contributed by atoms with Gasteiger partial charge in [-0.3, -0.25) is 4.79 Å². The van der Waals surface area contributed by atoms with Crippen LogP contribution in [0.15, 0.2) is 47.4 Å². The fourth-order valence-electron chi connectivity index (χ4n) is 5.61. The van der Waals surface area contributed by atoms with Gasteiger partial charge in [-0.05, 0) is 80.4 Å². The van der Waals surface area contributed by atoms with Gasteiger partial charge in [0.15, 0.2) is 0 Å². The van der Waals surface area contributed by atoms with Gasteiger partial charge in [-0.15, -0.1) is 0 Å². The highest BCUT2D eigenvalue weighted by Gasteiger charge is 2.54. The predicted octanol–water partition coefficient (Wildman–Crippen LogP) is 4.64. The van der Waals surface area contributed by atoms with Crippen LogP contribution in [0.3, 0.4) is 0 Å². The number of rotatable bonds is 6. The van der Waals surface area contributed by atoms with Crippen LogP contribution in [0.1, 0.15) is 48.8 Å². The molecule has 6 heteroatoms. The van der Waals surface area contributed by atoms with E-state index in [0.29, 0.717) is 13.0 Å². The number of hydrogen-bond donors (Lipinski definition) is 0. The highest BCUT2D eigenvalue weighted by Crippen LogP contribution is 2.49. The fourth-order valence-corrected chi connectivity index (χ4v) is 7.06. The van der Waals surface area contributed by atoms with E-state index in [4.69, 9.17) is 4.74 Å². The number of amides is 1. The molecule has 1 unspecified atom stereocenters. The van der Waals surface area contributed by atoms with Crippen molar-refractivity contribution in [2.24, 2.45) is 0 Å². The van der Waals surface area contributed by atoms with Gasteiger partial charge in [0, 0.05) is 24.4 Å². The van der Waals surface area contributed by atoms with E-state index in [0.717, 1.165) is 48.6 Å². The molecular formula is C28H34N2O3S. The van der Waals surface area contributed by atoms with Gasteiger partial charge in [0.2, 0.25) is 4.75 Å². The molecule has 5 nitrogen and oxygen atoms in total. The first-order chi connectivity index (χ1) is 16.6. The monoisotopic (exact) mass is 478 g/mol. The summed E-state index contributed by atoms with van der Waals surface area (Å²) in [5, 5.41) is 0. The van der Waals surface area contributed by atoms with Crippen LogP contribution in [-0.4, -0.2) is 54.8 Å².